The Morgan fingerprint density at radius 2 is 1.93 bits per heavy atom. The third-order valence-electron chi connectivity index (χ3n) is 4.01. The zero-order valence-corrected chi connectivity index (χ0v) is 17.8. The predicted octanol–water partition coefficient (Wildman–Crippen LogP) is 3.81. The fraction of sp³-hybridized carbons (Fsp3) is 0.238. The summed E-state index contributed by atoms with van der Waals surface area (Å²) >= 11 is 3.33. The number of benzene rings is 2. The number of hydroxylamine groups is 1. The second-order valence-corrected chi connectivity index (χ2v) is 7.21. The summed E-state index contributed by atoms with van der Waals surface area (Å²) in [4.78, 5) is 23.8. The molecule has 0 aromatic heterocycles. The first kappa shape index (κ1) is 23.4. The molecule has 160 valence electrons. The predicted molar refractivity (Wildman–Crippen MR) is 114 cm³/mol. The second-order valence-electron chi connectivity index (χ2n) is 6.30. The van der Waals surface area contributed by atoms with Gasteiger partial charge in [-0.2, -0.15) is 0 Å². The highest BCUT2D eigenvalue weighted by Gasteiger charge is 2.23. The molecule has 0 radical (unpaired) electrons. The quantitative estimate of drug-likeness (QED) is 0.247. The Bertz CT molecular complexity index is 872. The summed E-state index contributed by atoms with van der Waals surface area (Å²) in [6.45, 7) is 1.76. The summed E-state index contributed by atoms with van der Waals surface area (Å²) in [5.74, 6) is -0.598. The largest absolute Gasteiger partial charge is 0.491 e. The van der Waals surface area contributed by atoms with Crippen LogP contribution in [0.5, 0.6) is 5.75 Å². The van der Waals surface area contributed by atoms with Gasteiger partial charge in [-0.25, -0.2) is 10.3 Å². The van der Waals surface area contributed by atoms with Crippen molar-refractivity contribution < 1.29 is 29.4 Å². The number of anilines is 1. The Kier molecular flexibility index (Phi) is 9.33. The van der Waals surface area contributed by atoms with E-state index in [1.165, 1.54) is 11.6 Å². The maximum Gasteiger partial charge on any atom is 0.412 e. The number of hydrogen-bond acceptors (Lipinski definition) is 6. The van der Waals surface area contributed by atoms with Gasteiger partial charge in [-0.1, -0.05) is 41.1 Å². The molecule has 9 heteroatoms. The SMILES string of the molecule is C[C@@H](/C=C/C(=O)NO)[C@@H](OC(=O)Nc1ccc(Br)cc1)c1cccc(OCCO)c1. The zero-order chi connectivity index (χ0) is 21.9. The topological polar surface area (TPSA) is 117 Å². The summed E-state index contributed by atoms with van der Waals surface area (Å²) in [6.07, 6.45) is 1.25. The fourth-order valence-corrected chi connectivity index (χ4v) is 2.86. The molecule has 0 heterocycles. The Labute approximate surface area is 182 Å². The highest BCUT2D eigenvalue weighted by atomic mass is 79.9. The van der Waals surface area contributed by atoms with E-state index >= 15 is 0 Å². The number of ether oxygens (including phenoxy) is 2. The average Bonchev–Trinajstić information content (AvgIpc) is 2.75. The monoisotopic (exact) mass is 478 g/mol. The van der Waals surface area contributed by atoms with Gasteiger partial charge < -0.3 is 14.6 Å². The number of nitrogens with one attached hydrogen (secondary N) is 2. The highest BCUT2D eigenvalue weighted by molar-refractivity contribution is 9.10. The smallest absolute Gasteiger partial charge is 0.412 e. The molecule has 0 aliphatic rings. The van der Waals surface area contributed by atoms with Crippen LogP contribution in [0.15, 0.2) is 65.2 Å². The van der Waals surface area contributed by atoms with Gasteiger partial charge in [0.25, 0.3) is 5.91 Å². The molecule has 0 bridgehead atoms. The number of hydrogen-bond donors (Lipinski definition) is 4. The first-order valence-corrected chi connectivity index (χ1v) is 9.91. The number of amides is 2. The lowest BCUT2D eigenvalue weighted by molar-refractivity contribution is -0.124. The van der Waals surface area contributed by atoms with Crippen molar-refractivity contribution in [2.75, 3.05) is 18.5 Å². The van der Waals surface area contributed by atoms with E-state index in [9.17, 15) is 9.59 Å². The Morgan fingerprint density at radius 1 is 1.20 bits per heavy atom. The van der Waals surface area contributed by atoms with E-state index in [1.54, 1.807) is 55.5 Å². The van der Waals surface area contributed by atoms with Crippen LogP contribution >= 0.6 is 15.9 Å². The van der Waals surface area contributed by atoms with E-state index in [-0.39, 0.29) is 13.2 Å². The number of aliphatic hydroxyl groups is 1. The molecule has 0 saturated carbocycles. The van der Waals surface area contributed by atoms with Crippen LogP contribution in [-0.4, -0.2) is 35.5 Å². The van der Waals surface area contributed by atoms with Crippen molar-refractivity contribution >= 4 is 33.6 Å². The van der Waals surface area contributed by atoms with Crippen molar-refractivity contribution in [2.24, 2.45) is 5.92 Å². The Balaban J connectivity index is 2.21. The van der Waals surface area contributed by atoms with Gasteiger partial charge in [-0.15, -0.1) is 0 Å². The highest BCUT2D eigenvalue weighted by Crippen LogP contribution is 2.30. The average molecular weight is 479 g/mol. The van der Waals surface area contributed by atoms with Crippen molar-refractivity contribution in [1.29, 1.82) is 0 Å². The number of carbonyl (C=O) groups excluding carboxylic acids is 2. The van der Waals surface area contributed by atoms with E-state index in [0.29, 0.717) is 17.0 Å². The van der Waals surface area contributed by atoms with Gasteiger partial charge in [0.1, 0.15) is 18.5 Å². The first-order chi connectivity index (χ1) is 14.4. The maximum atomic E-state index is 12.5. The molecule has 2 aromatic carbocycles. The molecule has 4 N–H and O–H groups in total. The molecule has 0 spiro atoms. The van der Waals surface area contributed by atoms with Crippen molar-refractivity contribution in [3.63, 3.8) is 0 Å². The molecule has 2 atom stereocenters. The van der Waals surface area contributed by atoms with Gasteiger partial charge >= 0.3 is 6.09 Å². The number of halogens is 1. The van der Waals surface area contributed by atoms with Gasteiger partial charge in [0.15, 0.2) is 0 Å². The molecular formula is C21H23BrN2O6. The van der Waals surface area contributed by atoms with E-state index in [2.05, 4.69) is 21.2 Å². The number of aliphatic hydroxyl groups excluding tert-OH is 1. The van der Waals surface area contributed by atoms with Crippen LogP contribution < -0.4 is 15.5 Å². The number of carbonyl (C=O) groups is 2. The molecule has 0 unspecified atom stereocenters. The minimum atomic E-state index is -0.749. The van der Waals surface area contributed by atoms with Crippen LogP contribution in [0.4, 0.5) is 10.5 Å². The Hall–Kier alpha value is -2.88. The van der Waals surface area contributed by atoms with Crippen molar-refractivity contribution in [1.82, 2.24) is 5.48 Å². The summed E-state index contributed by atoms with van der Waals surface area (Å²) in [7, 11) is 0. The third-order valence-corrected chi connectivity index (χ3v) is 4.54. The van der Waals surface area contributed by atoms with Gasteiger partial charge in [-0.3, -0.25) is 15.3 Å². The molecule has 0 saturated heterocycles. The third kappa shape index (κ3) is 7.51. The molecule has 2 rings (SSSR count). The van der Waals surface area contributed by atoms with Crippen molar-refractivity contribution in [2.45, 2.75) is 13.0 Å². The lowest BCUT2D eigenvalue weighted by Gasteiger charge is -2.23. The van der Waals surface area contributed by atoms with Crippen LogP contribution in [0.3, 0.4) is 0 Å². The summed E-state index contributed by atoms with van der Waals surface area (Å²) in [6, 6.07) is 13.9. The summed E-state index contributed by atoms with van der Waals surface area (Å²) in [5.41, 5.74) is 2.71. The van der Waals surface area contributed by atoms with Gasteiger partial charge in [0.2, 0.25) is 0 Å². The standard InChI is InChI=1S/C21H23BrN2O6/c1-14(5-10-19(26)24-28)20(15-3-2-4-18(13-15)29-12-11-25)30-21(27)23-17-8-6-16(22)7-9-17/h2-10,13-14,20,25,28H,11-12H2,1H3,(H,23,27)(H,24,26)/b10-5+/t14-,20+/m0/s1. The van der Waals surface area contributed by atoms with Gasteiger partial charge in [0.05, 0.1) is 6.61 Å². The van der Waals surface area contributed by atoms with E-state index in [0.717, 1.165) is 10.5 Å². The van der Waals surface area contributed by atoms with E-state index in [1.807, 2.05) is 0 Å². The van der Waals surface area contributed by atoms with E-state index < -0.39 is 24.0 Å². The fourth-order valence-electron chi connectivity index (χ4n) is 2.60. The van der Waals surface area contributed by atoms with Crippen molar-refractivity contribution in [3.8, 4) is 5.75 Å². The first-order valence-electron chi connectivity index (χ1n) is 9.12. The Morgan fingerprint density at radius 3 is 2.60 bits per heavy atom. The van der Waals surface area contributed by atoms with Crippen LogP contribution in [0.2, 0.25) is 0 Å². The van der Waals surface area contributed by atoms with Crippen molar-refractivity contribution in [3.05, 3.63) is 70.7 Å². The molecule has 0 fully saturated rings. The molecule has 2 aromatic rings. The number of rotatable bonds is 9. The van der Waals surface area contributed by atoms with E-state index in [4.69, 9.17) is 19.8 Å². The summed E-state index contributed by atoms with van der Waals surface area (Å²) < 4.78 is 11.9. The molecular weight excluding hydrogens is 456 g/mol. The summed E-state index contributed by atoms with van der Waals surface area (Å²) in [5, 5.41) is 20.3. The lowest BCUT2D eigenvalue weighted by atomic mass is 9.96. The molecule has 0 aliphatic heterocycles. The minimum Gasteiger partial charge on any atom is -0.491 e. The lowest BCUT2D eigenvalue weighted by Crippen LogP contribution is -2.22. The zero-order valence-electron chi connectivity index (χ0n) is 16.2. The normalized spacial score (nSPS) is 12.8. The molecule has 30 heavy (non-hydrogen) atoms. The van der Waals surface area contributed by atoms with Crippen LogP contribution in [0.25, 0.3) is 0 Å². The van der Waals surface area contributed by atoms with Crippen LogP contribution in [0.1, 0.15) is 18.6 Å². The second kappa shape index (κ2) is 12.0. The maximum absolute atomic E-state index is 12.5. The molecule has 0 aliphatic carbocycles. The molecule has 8 nitrogen and oxygen atoms in total. The van der Waals surface area contributed by atoms with Gasteiger partial charge in [0, 0.05) is 22.2 Å². The van der Waals surface area contributed by atoms with Crippen LogP contribution in [0, 0.1) is 5.92 Å². The minimum absolute atomic E-state index is 0.130. The molecule has 2 amide bonds. The van der Waals surface area contributed by atoms with Gasteiger partial charge in [-0.05, 0) is 42.0 Å². The van der Waals surface area contributed by atoms with Crippen LogP contribution in [-0.2, 0) is 9.53 Å².